The summed E-state index contributed by atoms with van der Waals surface area (Å²) in [4.78, 5) is 14.9. The van der Waals surface area contributed by atoms with Crippen LogP contribution in [-0.4, -0.2) is 13.0 Å². The molecule has 19 heavy (non-hydrogen) atoms. The second-order valence-electron chi connectivity index (χ2n) is 4.76. The minimum atomic E-state index is -0.0154. The SMILES string of the molecule is Cc1cc(C)cc(N(C)C(=O)c2ccc(S)cc2)c1. The fourth-order valence-electron chi connectivity index (χ4n) is 2.06. The summed E-state index contributed by atoms with van der Waals surface area (Å²) in [7, 11) is 1.80. The molecule has 0 aliphatic heterocycles. The molecule has 98 valence electrons. The van der Waals surface area contributed by atoms with Gasteiger partial charge >= 0.3 is 0 Å². The Morgan fingerprint density at radius 2 is 1.53 bits per heavy atom. The third-order valence-electron chi connectivity index (χ3n) is 3.01. The van der Waals surface area contributed by atoms with Crippen molar-refractivity contribution >= 4 is 24.2 Å². The minimum Gasteiger partial charge on any atom is -0.311 e. The smallest absolute Gasteiger partial charge is 0.258 e. The van der Waals surface area contributed by atoms with Crippen LogP contribution in [0.3, 0.4) is 0 Å². The molecule has 2 aromatic carbocycles. The van der Waals surface area contributed by atoms with Gasteiger partial charge < -0.3 is 4.90 Å². The molecule has 0 spiro atoms. The first-order chi connectivity index (χ1) is 8.97. The quantitative estimate of drug-likeness (QED) is 0.822. The Bertz CT molecular complexity index is 584. The van der Waals surface area contributed by atoms with Gasteiger partial charge in [-0.3, -0.25) is 4.79 Å². The van der Waals surface area contributed by atoms with Crippen molar-refractivity contribution in [2.45, 2.75) is 18.7 Å². The number of amides is 1. The van der Waals surface area contributed by atoms with Gasteiger partial charge in [-0.15, -0.1) is 12.6 Å². The molecular formula is C16H17NOS. The molecule has 0 bridgehead atoms. The van der Waals surface area contributed by atoms with Gasteiger partial charge in [0.2, 0.25) is 0 Å². The van der Waals surface area contributed by atoms with Crippen LogP contribution in [0.1, 0.15) is 21.5 Å². The standard InChI is InChI=1S/C16H17NOS/c1-11-8-12(2)10-14(9-11)17(3)16(18)13-4-6-15(19)7-5-13/h4-10,19H,1-3H3. The van der Waals surface area contributed by atoms with Crippen LogP contribution in [0.15, 0.2) is 47.4 Å². The molecule has 0 unspecified atom stereocenters. The first-order valence-electron chi connectivity index (χ1n) is 6.13. The van der Waals surface area contributed by atoms with E-state index in [1.165, 1.54) is 0 Å². The molecule has 0 radical (unpaired) electrons. The molecule has 0 saturated carbocycles. The molecule has 0 heterocycles. The lowest BCUT2D eigenvalue weighted by atomic mass is 10.1. The van der Waals surface area contributed by atoms with Crippen LogP contribution < -0.4 is 4.90 Å². The molecule has 1 amide bonds. The summed E-state index contributed by atoms with van der Waals surface area (Å²) in [6.07, 6.45) is 0. The van der Waals surface area contributed by atoms with E-state index in [0.29, 0.717) is 5.56 Å². The highest BCUT2D eigenvalue weighted by Gasteiger charge is 2.13. The highest BCUT2D eigenvalue weighted by Crippen LogP contribution is 2.20. The average molecular weight is 271 g/mol. The molecule has 0 N–H and O–H groups in total. The van der Waals surface area contributed by atoms with Crippen molar-refractivity contribution < 1.29 is 4.79 Å². The van der Waals surface area contributed by atoms with Gasteiger partial charge in [0.1, 0.15) is 0 Å². The second-order valence-corrected chi connectivity index (χ2v) is 5.27. The van der Waals surface area contributed by atoms with E-state index in [-0.39, 0.29) is 5.91 Å². The van der Waals surface area contributed by atoms with Crippen LogP contribution in [0.2, 0.25) is 0 Å². The number of benzene rings is 2. The summed E-state index contributed by atoms with van der Waals surface area (Å²) in [6.45, 7) is 4.06. The zero-order chi connectivity index (χ0) is 14.0. The lowest BCUT2D eigenvalue weighted by molar-refractivity contribution is 0.0993. The largest absolute Gasteiger partial charge is 0.311 e. The normalized spacial score (nSPS) is 10.3. The number of rotatable bonds is 2. The monoisotopic (exact) mass is 271 g/mol. The number of aryl methyl sites for hydroxylation is 2. The third-order valence-corrected chi connectivity index (χ3v) is 3.31. The van der Waals surface area contributed by atoms with Crippen molar-refractivity contribution in [3.8, 4) is 0 Å². The first kappa shape index (κ1) is 13.7. The van der Waals surface area contributed by atoms with Crippen molar-refractivity contribution in [1.82, 2.24) is 0 Å². The fraction of sp³-hybridized carbons (Fsp3) is 0.188. The lowest BCUT2D eigenvalue weighted by Gasteiger charge is -2.18. The Balaban J connectivity index is 2.30. The summed E-state index contributed by atoms with van der Waals surface area (Å²) in [5.74, 6) is -0.0154. The molecule has 0 aliphatic carbocycles. The molecule has 0 fully saturated rings. The zero-order valence-corrected chi connectivity index (χ0v) is 12.2. The highest BCUT2D eigenvalue weighted by molar-refractivity contribution is 7.80. The van der Waals surface area contributed by atoms with Crippen LogP contribution >= 0.6 is 12.6 Å². The predicted octanol–water partition coefficient (Wildman–Crippen LogP) is 3.87. The van der Waals surface area contributed by atoms with Crippen molar-refractivity contribution in [2.24, 2.45) is 0 Å². The van der Waals surface area contributed by atoms with E-state index in [1.54, 1.807) is 24.1 Å². The number of carbonyl (C=O) groups is 1. The predicted molar refractivity (Wildman–Crippen MR) is 82.3 cm³/mol. The van der Waals surface area contributed by atoms with Crippen molar-refractivity contribution in [3.05, 3.63) is 59.2 Å². The van der Waals surface area contributed by atoms with Crippen molar-refractivity contribution in [1.29, 1.82) is 0 Å². The summed E-state index contributed by atoms with van der Waals surface area (Å²) in [5, 5.41) is 0. The maximum absolute atomic E-state index is 12.4. The number of hydrogen-bond acceptors (Lipinski definition) is 2. The van der Waals surface area contributed by atoms with E-state index in [2.05, 4.69) is 18.7 Å². The third kappa shape index (κ3) is 3.18. The molecule has 0 aliphatic rings. The number of hydrogen-bond donors (Lipinski definition) is 1. The summed E-state index contributed by atoms with van der Waals surface area (Å²) in [6, 6.07) is 13.4. The number of nitrogens with zero attached hydrogens (tertiary/aromatic N) is 1. The van der Waals surface area contributed by atoms with Crippen LogP contribution in [0.4, 0.5) is 5.69 Å². The number of anilines is 1. The molecule has 2 aromatic rings. The van der Waals surface area contributed by atoms with Gasteiger partial charge in [0, 0.05) is 23.2 Å². The average Bonchev–Trinajstić information content (AvgIpc) is 2.37. The van der Waals surface area contributed by atoms with Crippen molar-refractivity contribution in [3.63, 3.8) is 0 Å². The lowest BCUT2D eigenvalue weighted by Crippen LogP contribution is -2.26. The van der Waals surface area contributed by atoms with Gasteiger partial charge in [0.05, 0.1) is 0 Å². The minimum absolute atomic E-state index is 0.0154. The van der Waals surface area contributed by atoms with Crippen LogP contribution in [0.25, 0.3) is 0 Å². The molecular weight excluding hydrogens is 254 g/mol. The number of carbonyl (C=O) groups excluding carboxylic acids is 1. The summed E-state index contributed by atoms with van der Waals surface area (Å²) < 4.78 is 0. The van der Waals surface area contributed by atoms with Crippen molar-refractivity contribution in [2.75, 3.05) is 11.9 Å². The maximum atomic E-state index is 12.4. The molecule has 3 heteroatoms. The first-order valence-corrected chi connectivity index (χ1v) is 6.57. The molecule has 0 aromatic heterocycles. The van der Waals surface area contributed by atoms with Gasteiger partial charge in [-0.25, -0.2) is 0 Å². The summed E-state index contributed by atoms with van der Waals surface area (Å²) in [5.41, 5.74) is 3.89. The van der Waals surface area contributed by atoms with Crippen LogP contribution in [0.5, 0.6) is 0 Å². The zero-order valence-electron chi connectivity index (χ0n) is 11.3. The topological polar surface area (TPSA) is 20.3 Å². The van der Waals surface area contributed by atoms with Crippen LogP contribution in [0, 0.1) is 13.8 Å². The van der Waals surface area contributed by atoms with Gasteiger partial charge in [-0.05, 0) is 61.4 Å². The van der Waals surface area contributed by atoms with E-state index in [4.69, 9.17) is 0 Å². The molecule has 0 atom stereocenters. The van der Waals surface area contributed by atoms with Gasteiger partial charge in [0.25, 0.3) is 5.91 Å². The molecule has 2 rings (SSSR count). The second kappa shape index (κ2) is 5.49. The summed E-state index contributed by atoms with van der Waals surface area (Å²) >= 11 is 4.22. The van der Waals surface area contributed by atoms with E-state index in [1.807, 2.05) is 38.1 Å². The van der Waals surface area contributed by atoms with E-state index < -0.39 is 0 Å². The van der Waals surface area contributed by atoms with E-state index in [0.717, 1.165) is 21.7 Å². The Morgan fingerprint density at radius 3 is 2.05 bits per heavy atom. The Labute approximate surface area is 119 Å². The van der Waals surface area contributed by atoms with E-state index >= 15 is 0 Å². The number of thiol groups is 1. The maximum Gasteiger partial charge on any atom is 0.258 e. The Kier molecular flexibility index (Phi) is 3.96. The van der Waals surface area contributed by atoms with Gasteiger partial charge in [-0.2, -0.15) is 0 Å². The van der Waals surface area contributed by atoms with Gasteiger partial charge in [0.15, 0.2) is 0 Å². The van der Waals surface area contributed by atoms with Gasteiger partial charge in [-0.1, -0.05) is 6.07 Å². The Morgan fingerprint density at radius 1 is 1.00 bits per heavy atom. The van der Waals surface area contributed by atoms with E-state index in [9.17, 15) is 4.79 Å². The molecule has 2 nitrogen and oxygen atoms in total. The highest BCUT2D eigenvalue weighted by atomic mass is 32.1. The van der Waals surface area contributed by atoms with Crippen LogP contribution in [-0.2, 0) is 0 Å². The molecule has 0 saturated heterocycles. The fourth-order valence-corrected chi connectivity index (χ4v) is 2.21. The Hall–Kier alpha value is -1.74.